The van der Waals surface area contributed by atoms with E-state index < -0.39 is 24.4 Å². The maximum Gasteiger partial charge on any atom is 0.227 e. The van der Waals surface area contributed by atoms with Gasteiger partial charge in [0.15, 0.2) is 0 Å². The quantitative estimate of drug-likeness (QED) is 0.824. The van der Waals surface area contributed by atoms with Crippen molar-refractivity contribution in [2.24, 2.45) is 5.92 Å². The number of hydrogen-bond acceptors (Lipinski definition) is 3. The summed E-state index contributed by atoms with van der Waals surface area (Å²) in [4.78, 5) is 26.5. The summed E-state index contributed by atoms with van der Waals surface area (Å²) in [5, 5.41) is 12.3. The van der Waals surface area contributed by atoms with E-state index >= 15 is 0 Å². The smallest absolute Gasteiger partial charge is 0.227 e. The Hall–Kier alpha value is -2.44. The molecule has 0 aromatic heterocycles. The number of nitrogens with one attached hydrogen (secondary N) is 1. The number of aliphatic hydroxyl groups excluding tert-OH is 1. The molecule has 2 aromatic carbocycles. The first kappa shape index (κ1) is 19.3. The van der Waals surface area contributed by atoms with E-state index in [1.807, 2.05) is 31.2 Å². The van der Waals surface area contributed by atoms with Crippen LogP contribution in [-0.4, -0.2) is 30.1 Å². The highest BCUT2D eigenvalue weighted by Crippen LogP contribution is 2.26. The third kappa shape index (κ3) is 4.28. The summed E-state index contributed by atoms with van der Waals surface area (Å²) in [7, 11) is 0. The van der Waals surface area contributed by atoms with Gasteiger partial charge in [0, 0.05) is 18.7 Å². The number of benzene rings is 2. The second-order valence-corrected chi connectivity index (χ2v) is 7.07. The normalized spacial score (nSPS) is 17.9. The molecule has 1 fully saturated rings. The lowest BCUT2D eigenvalue weighted by molar-refractivity contribution is -0.127. The molecule has 2 atom stereocenters. The summed E-state index contributed by atoms with van der Waals surface area (Å²) in [5.74, 6) is -1.64. The number of halogens is 2. The summed E-state index contributed by atoms with van der Waals surface area (Å²) >= 11 is 5.67. The number of aryl methyl sites for hydroxylation is 1. The zero-order valence-electron chi connectivity index (χ0n) is 14.8. The molecule has 3 rings (SSSR count). The van der Waals surface area contributed by atoms with Crippen molar-refractivity contribution in [1.29, 1.82) is 0 Å². The summed E-state index contributed by atoms with van der Waals surface area (Å²) in [5.41, 5.74) is 2.24. The van der Waals surface area contributed by atoms with Crippen molar-refractivity contribution in [2.45, 2.75) is 19.4 Å². The lowest BCUT2D eigenvalue weighted by atomic mass is 10.0. The molecule has 0 bridgehead atoms. The zero-order chi connectivity index (χ0) is 19.6. The fourth-order valence-electron chi connectivity index (χ4n) is 3.11. The Morgan fingerprint density at radius 1 is 1.33 bits per heavy atom. The number of aliphatic hydroxyl groups is 1. The molecule has 27 heavy (non-hydrogen) atoms. The standard InChI is InChI=1S/C20H20ClFN2O3/c1-12-2-5-15(6-3-12)24-10-14(9-19(24)26)20(27)23-18(11-25)13-4-7-16(21)17(22)8-13/h2-8,14,18,25H,9-11H2,1H3,(H,23,27)/t14-,18-/m0/s1. The minimum absolute atomic E-state index is 0.0307. The van der Waals surface area contributed by atoms with Crippen LogP contribution in [0.5, 0.6) is 0 Å². The Balaban J connectivity index is 1.69. The number of carbonyl (C=O) groups is 2. The molecule has 142 valence electrons. The van der Waals surface area contributed by atoms with Crippen LogP contribution >= 0.6 is 11.6 Å². The van der Waals surface area contributed by atoms with Gasteiger partial charge in [0.1, 0.15) is 5.82 Å². The molecule has 1 aliphatic heterocycles. The first-order chi connectivity index (χ1) is 12.9. The molecule has 0 saturated carbocycles. The van der Waals surface area contributed by atoms with E-state index in [1.165, 1.54) is 12.1 Å². The van der Waals surface area contributed by atoms with Gasteiger partial charge in [-0.05, 0) is 36.8 Å². The minimum atomic E-state index is -0.771. The van der Waals surface area contributed by atoms with Crippen LogP contribution in [0, 0.1) is 18.7 Å². The van der Waals surface area contributed by atoms with Gasteiger partial charge >= 0.3 is 0 Å². The number of amides is 2. The van der Waals surface area contributed by atoms with Gasteiger partial charge in [-0.15, -0.1) is 0 Å². The number of carbonyl (C=O) groups excluding carboxylic acids is 2. The zero-order valence-corrected chi connectivity index (χ0v) is 15.5. The summed E-state index contributed by atoms with van der Waals surface area (Å²) in [6, 6.07) is 10.8. The number of rotatable bonds is 5. The van der Waals surface area contributed by atoms with Crippen LogP contribution in [0.2, 0.25) is 5.02 Å². The van der Waals surface area contributed by atoms with Crippen LogP contribution in [0.25, 0.3) is 0 Å². The van der Waals surface area contributed by atoms with Crippen molar-refractivity contribution in [1.82, 2.24) is 5.32 Å². The lowest BCUT2D eigenvalue weighted by Crippen LogP contribution is -2.37. The van der Waals surface area contributed by atoms with Crippen LogP contribution in [0.1, 0.15) is 23.6 Å². The van der Waals surface area contributed by atoms with E-state index in [0.717, 1.165) is 11.3 Å². The molecule has 5 nitrogen and oxygen atoms in total. The Kier molecular flexibility index (Phi) is 5.77. The molecule has 1 aliphatic rings. The SMILES string of the molecule is Cc1ccc(N2C[C@@H](C(=O)N[C@@H](CO)c3ccc(Cl)c(F)c3)CC2=O)cc1. The minimum Gasteiger partial charge on any atom is -0.394 e. The Morgan fingerprint density at radius 3 is 2.67 bits per heavy atom. The van der Waals surface area contributed by atoms with E-state index in [9.17, 15) is 19.1 Å². The van der Waals surface area contributed by atoms with Gasteiger partial charge in [0.25, 0.3) is 0 Å². The van der Waals surface area contributed by atoms with Gasteiger partial charge in [-0.25, -0.2) is 4.39 Å². The molecule has 1 saturated heterocycles. The predicted molar refractivity (Wildman–Crippen MR) is 101 cm³/mol. The molecule has 0 aliphatic carbocycles. The molecule has 0 unspecified atom stereocenters. The fourth-order valence-corrected chi connectivity index (χ4v) is 3.23. The number of anilines is 1. The molecule has 0 spiro atoms. The summed E-state index contributed by atoms with van der Waals surface area (Å²) in [6.07, 6.45) is 0.0901. The third-order valence-corrected chi connectivity index (χ3v) is 4.99. The van der Waals surface area contributed by atoms with E-state index in [2.05, 4.69) is 5.32 Å². The van der Waals surface area contributed by atoms with Crippen molar-refractivity contribution >= 4 is 29.1 Å². The topological polar surface area (TPSA) is 69.6 Å². The Bertz CT molecular complexity index is 857. The van der Waals surface area contributed by atoms with Crippen LogP contribution in [-0.2, 0) is 9.59 Å². The molecule has 0 radical (unpaired) electrons. The van der Waals surface area contributed by atoms with Gasteiger partial charge in [-0.3, -0.25) is 9.59 Å². The van der Waals surface area contributed by atoms with Crippen molar-refractivity contribution in [2.75, 3.05) is 18.1 Å². The highest BCUT2D eigenvalue weighted by atomic mass is 35.5. The fraction of sp³-hybridized carbons (Fsp3) is 0.300. The second-order valence-electron chi connectivity index (χ2n) is 6.66. The van der Waals surface area contributed by atoms with E-state index in [4.69, 9.17) is 11.6 Å². The average Bonchev–Trinajstić information content (AvgIpc) is 3.04. The largest absolute Gasteiger partial charge is 0.394 e. The van der Waals surface area contributed by atoms with E-state index in [-0.39, 0.29) is 29.8 Å². The first-order valence-electron chi connectivity index (χ1n) is 8.62. The number of hydrogen-bond donors (Lipinski definition) is 2. The molecule has 2 amide bonds. The van der Waals surface area contributed by atoms with Crippen LogP contribution in [0.15, 0.2) is 42.5 Å². The molecular formula is C20H20ClFN2O3. The maximum atomic E-state index is 13.7. The average molecular weight is 391 g/mol. The van der Waals surface area contributed by atoms with Crippen LogP contribution < -0.4 is 10.2 Å². The first-order valence-corrected chi connectivity index (χ1v) is 9.00. The van der Waals surface area contributed by atoms with E-state index in [1.54, 1.807) is 11.0 Å². The Morgan fingerprint density at radius 2 is 2.04 bits per heavy atom. The lowest BCUT2D eigenvalue weighted by Gasteiger charge is -2.20. The van der Waals surface area contributed by atoms with Gasteiger partial charge in [0.05, 0.1) is 23.6 Å². The van der Waals surface area contributed by atoms with E-state index in [0.29, 0.717) is 5.56 Å². The van der Waals surface area contributed by atoms with Gasteiger partial charge < -0.3 is 15.3 Å². The molecule has 2 aromatic rings. The van der Waals surface area contributed by atoms with Crippen molar-refractivity contribution in [3.05, 3.63) is 64.4 Å². The van der Waals surface area contributed by atoms with Crippen molar-refractivity contribution in [3.8, 4) is 0 Å². The second kappa shape index (κ2) is 8.06. The van der Waals surface area contributed by atoms with Gasteiger partial charge in [0.2, 0.25) is 11.8 Å². The Labute approximate surface area is 161 Å². The maximum absolute atomic E-state index is 13.7. The molecule has 1 heterocycles. The summed E-state index contributed by atoms with van der Waals surface area (Å²) in [6.45, 7) is 1.83. The highest BCUT2D eigenvalue weighted by molar-refractivity contribution is 6.30. The van der Waals surface area contributed by atoms with Crippen molar-refractivity contribution < 1.29 is 19.1 Å². The van der Waals surface area contributed by atoms with Crippen LogP contribution in [0.3, 0.4) is 0 Å². The van der Waals surface area contributed by atoms with Crippen molar-refractivity contribution in [3.63, 3.8) is 0 Å². The van der Waals surface area contributed by atoms with Gasteiger partial charge in [-0.2, -0.15) is 0 Å². The van der Waals surface area contributed by atoms with Crippen LogP contribution in [0.4, 0.5) is 10.1 Å². The van der Waals surface area contributed by atoms with Gasteiger partial charge in [-0.1, -0.05) is 35.4 Å². The monoisotopic (exact) mass is 390 g/mol. The summed E-state index contributed by atoms with van der Waals surface area (Å²) < 4.78 is 13.7. The third-order valence-electron chi connectivity index (χ3n) is 4.69. The molecule has 2 N–H and O–H groups in total. The highest BCUT2D eigenvalue weighted by Gasteiger charge is 2.35. The number of nitrogens with zero attached hydrogens (tertiary/aromatic N) is 1. The predicted octanol–water partition coefficient (Wildman–Crippen LogP) is 2.99. The molecular weight excluding hydrogens is 371 g/mol. The molecule has 7 heteroatoms.